The predicted molar refractivity (Wildman–Crippen MR) is 51.0 cm³/mol. The number of nitrogens with zero attached hydrogens (tertiary/aromatic N) is 1. The molecular weight excluding hydrogens is 150 g/mol. The zero-order chi connectivity index (χ0) is 8.55. The third-order valence-corrected chi connectivity index (χ3v) is 2.19. The molecule has 0 radical (unpaired) electrons. The minimum atomic E-state index is 0.324. The second kappa shape index (κ2) is 2.68. The van der Waals surface area contributed by atoms with Crippen molar-refractivity contribution < 1.29 is 0 Å². The first-order valence-electron chi connectivity index (χ1n) is 4.12. The Balaban J connectivity index is 2.18. The maximum Gasteiger partial charge on any atom is 0.0601 e. The quantitative estimate of drug-likeness (QED) is 0.590. The van der Waals surface area contributed by atoms with Gasteiger partial charge < -0.3 is 16.4 Å². The lowest BCUT2D eigenvalue weighted by molar-refractivity contribution is 0.520. The van der Waals surface area contributed by atoms with Crippen LogP contribution in [0.25, 0.3) is 0 Å². The van der Waals surface area contributed by atoms with Crippen molar-refractivity contribution >= 4 is 11.4 Å². The van der Waals surface area contributed by atoms with Crippen LogP contribution in [0.5, 0.6) is 0 Å². The number of rotatable bonds is 1. The molecule has 0 saturated carbocycles. The zero-order valence-electron chi connectivity index (χ0n) is 6.90. The number of hydrogen-bond acceptors (Lipinski definition) is 3. The molecule has 1 saturated heterocycles. The number of hydrogen-bond donors (Lipinski definition) is 2. The van der Waals surface area contributed by atoms with Crippen LogP contribution in [-0.4, -0.2) is 19.1 Å². The third-order valence-electron chi connectivity index (χ3n) is 2.19. The summed E-state index contributed by atoms with van der Waals surface area (Å²) >= 11 is 0. The summed E-state index contributed by atoms with van der Waals surface area (Å²) in [5, 5.41) is 0. The van der Waals surface area contributed by atoms with E-state index in [-0.39, 0.29) is 0 Å². The maximum atomic E-state index is 5.79. The van der Waals surface area contributed by atoms with E-state index < -0.39 is 0 Å². The number of nitrogen functional groups attached to an aromatic ring is 1. The Hall–Kier alpha value is -1.22. The molecule has 4 N–H and O–H groups in total. The van der Waals surface area contributed by atoms with Crippen LogP contribution in [0.3, 0.4) is 0 Å². The van der Waals surface area contributed by atoms with E-state index in [0.717, 1.165) is 24.5 Å². The first-order valence-corrected chi connectivity index (χ1v) is 4.12. The SMILES string of the molecule is Nc1ccccc1N1CC(N)C1. The average Bonchev–Trinajstić information content (AvgIpc) is 2.01. The van der Waals surface area contributed by atoms with Crippen LogP contribution in [0.1, 0.15) is 0 Å². The number of benzene rings is 1. The van der Waals surface area contributed by atoms with Crippen LogP contribution < -0.4 is 16.4 Å². The molecular formula is C9H13N3. The van der Waals surface area contributed by atoms with Crippen LogP contribution in [-0.2, 0) is 0 Å². The lowest BCUT2D eigenvalue weighted by Gasteiger charge is -2.39. The van der Waals surface area contributed by atoms with Crippen molar-refractivity contribution in [2.24, 2.45) is 5.73 Å². The minimum absolute atomic E-state index is 0.324. The van der Waals surface area contributed by atoms with Crippen LogP contribution in [0.4, 0.5) is 11.4 Å². The molecule has 0 aromatic heterocycles. The van der Waals surface area contributed by atoms with Gasteiger partial charge in [-0.3, -0.25) is 0 Å². The molecule has 0 spiro atoms. The normalized spacial score (nSPS) is 17.6. The highest BCUT2D eigenvalue weighted by Crippen LogP contribution is 2.25. The van der Waals surface area contributed by atoms with Gasteiger partial charge in [0.15, 0.2) is 0 Å². The lowest BCUT2D eigenvalue weighted by atomic mass is 10.1. The highest BCUT2D eigenvalue weighted by Gasteiger charge is 2.23. The minimum Gasteiger partial charge on any atom is -0.397 e. The highest BCUT2D eigenvalue weighted by atomic mass is 15.2. The monoisotopic (exact) mass is 163 g/mol. The van der Waals surface area contributed by atoms with Crippen molar-refractivity contribution in [1.82, 2.24) is 0 Å². The Labute approximate surface area is 72.0 Å². The standard InChI is InChI=1S/C9H13N3/c10-7-5-12(6-7)9-4-2-1-3-8(9)11/h1-4,7H,5-6,10-11H2. The average molecular weight is 163 g/mol. The third kappa shape index (κ3) is 1.12. The van der Waals surface area contributed by atoms with E-state index in [4.69, 9.17) is 11.5 Å². The molecule has 64 valence electrons. The number of para-hydroxylation sites is 2. The second-order valence-electron chi connectivity index (χ2n) is 3.22. The second-order valence-corrected chi connectivity index (χ2v) is 3.22. The fourth-order valence-electron chi connectivity index (χ4n) is 1.48. The van der Waals surface area contributed by atoms with Gasteiger partial charge in [-0.1, -0.05) is 12.1 Å². The first-order chi connectivity index (χ1) is 5.77. The predicted octanol–water partition coefficient (Wildman–Crippen LogP) is 0.416. The molecule has 0 aliphatic carbocycles. The fourth-order valence-corrected chi connectivity index (χ4v) is 1.48. The molecule has 1 fully saturated rings. The summed E-state index contributed by atoms with van der Waals surface area (Å²) in [6.45, 7) is 1.85. The fraction of sp³-hybridized carbons (Fsp3) is 0.333. The molecule has 1 aliphatic rings. The van der Waals surface area contributed by atoms with E-state index in [1.807, 2.05) is 24.3 Å². The summed E-state index contributed by atoms with van der Waals surface area (Å²) in [6, 6.07) is 8.21. The maximum absolute atomic E-state index is 5.79. The number of nitrogens with two attached hydrogens (primary N) is 2. The van der Waals surface area contributed by atoms with Crippen molar-refractivity contribution in [2.45, 2.75) is 6.04 Å². The summed E-state index contributed by atoms with van der Waals surface area (Å²) in [4.78, 5) is 2.19. The van der Waals surface area contributed by atoms with Crippen molar-refractivity contribution in [3.05, 3.63) is 24.3 Å². The molecule has 2 rings (SSSR count). The summed E-state index contributed by atoms with van der Waals surface area (Å²) in [7, 11) is 0. The van der Waals surface area contributed by atoms with Gasteiger partial charge in [0.2, 0.25) is 0 Å². The van der Waals surface area contributed by atoms with Gasteiger partial charge in [-0.15, -0.1) is 0 Å². The molecule has 0 amide bonds. The molecule has 1 aromatic carbocycles. The van der Waals surface area contributed by atoms with Gasteiger partial charge in [0.1, 0.15) is 0 Å². The van der Waals surface area contributed by atoms with E-state index in [9.17, 15) is 0 Å². The van der Waals surface area contributed by atoms with Crippen molar-refractivity contribution in [3.8, 4) is 0 Å². The van der Waals surface area contributed by atoms with Crippen molar-refractivity contribution in [1.29, 1.82) is 0 Å². The molecule has 3 nitrogen and oxygen atoms in total. The lowest BCUT2D eigenvalue weighted by Crippen LogP contribution is -2.56. The van der Waals surface area contributed by atoms with Gasteiger partial charge in [-0.2, -0.15) is 0 Å². The summed E-state index contributed by atoms with van der Waals surface area (Å²) in [6.07, 6.45) is 0. The topological polar surface area (TPSA) is 55.3 Å². The van der Waals surface area contributed by atoms with E-state index in [1.54, 1.807) is 0 Å². The molecule has 0 unspecified atom stereocenters. The van der Waals surface area contributed by atoms with Gasteiger partial charge in [-0.25, -0.2) is 0 Å². The van der Waals surface area contributed by atoms with Gasteiger partial charge in [0.05, 0.1) is 11.4 Å². The molecule has 1 aliphatic heterocycles. The molecule has 1 aromatic rings. The molecule has 0 atom stereocenters. The van der Waals surface area contributed by atoms with Crippen LogP contribution in [0, 0.1) is 0 Å². The van der Waals surface area contributed by atoms with E-state index >= 15 is 0 Å². The summed E-state index contributed by atoms with van der Waals surface area (Å²) in [5.74, 6) is 0. The van der Waals surface area contributed by atoms with E-state index in [0.29, 0.717) is 6.04 Å². The largest absolute Gasteiger partial charge is 0.397 e. The summed E-state index contributed by atoms with van der Waals surface area (Å²) < 4.78 is 0. The van der Waals surface area contributed by atoms with E-state index in [1.165, 1.54) is 0 Å². The molecule has 1 heterocycles. The van der Waals surface area contributed by atoms with Crippen molar-refractivity contribution in [3.63, 3.8) is 0 Å². The highest BCUT2D eigenvalue weighted by molar-refractivity contribution is 5.68. The molecule has 3 heteroatoms. The Morgan fingerprint density at radius 3 is 2.50 bits per heavy atom. The van der Waals surface area contributed by atoms with Gasteiger partial charge in [0.25, 0.3) is 0 Å². The Kier molecular flexibility index (Phi) is 1.66. The first kappa shape index (κ1) is 7.43. The molecule has 12 heavy (non-hydrogen) atoms. The molecule has 0 bridgehead atoms. The zero-order valence-corrected chi connectivity index (χ0v) is 6.90. The Bertz CT molecular complexity index is 279. The van der Waals surface area contributed by atoms with Crippen LogP contribution in [0.15, 0.2) is 24.3 Å². The van der Waals surface area contributed by atoms with E-state index in [2.05, 4.69) is 4.90 Å². The Morgan fingerprint density at radius 2 is 1.92 bits per heavy atom. The Morgan fingerprint density at radius 1 is 1.25 bits per heavy atom. The van der Waals surface area contributed by atoms with Crippen molar-refractivity contribution in [2.75, 3.05) is 23.7 Å². The number of anilines is 2. The van der Waals surface area contributed by atoms with Gasteiger partial charge >= 0.3 is 0 Å². The smallest absolute Gasteiger partial charge is 0.0601 e. The van der Waals surface area contributed by atoms with Crippen LogP contribution in [0.2, 0.25) is 0 Å². The van der Waals surface area contributed by atoms with Gasteiger partial charge in [0, 0.05) is 19.1 Å². The van der Waals surface area contributed by atoms with Crippen LogP contribution >= 0.6 is 0 Å². The summed E-state index contributed by atoms with van der Waals surface area (Å²) in [5.41, 5.74) is 13.4. The van der Waals surface area contributed by atoms with Gasteiger partial charge in [-0.05, 0) is 12.1 Å².